The summed E-state index contributed by atoms with van der Waals surface area (Å²) in [5, 5.41) is 9.91. The highest BCUT2D eigenvalue weighted by Crippen LogP contribution is 2.40. The number of nitrogens with zero attached hydrogens (tertiary/aromatic N) is 1. The monoisotopic (exact) mass is 438 g/mol. The number of fused-ring (bicyclic) bond motifs is 1. The average molecular weight is 439 g/mol. The Morgan fingerprint density at radius 3 is 2.58 bits per heavy atom. The van der Waals surface area contributed by atoms with Crippen molar-refractivity contribution in [2.75, 3.05) is 6.61 Å². The number of carbonyl (C=O) groups excluding carboxylic acids is 2. The lowest BCUT2D eigenvalue weighted by atomic mass is 9.74. The van der Waals surface area contributed by atoms with E-state index < -0.39 is 17.8 Å². The summed E-state index contributed by atoms with van der Waals surface area (Å²) < 4.78 is 5.32. The zero-order valence-electron chi connectivity index (χ0n) is 17.5. The van der Waals surface area contributed by atoms with Crippen LogP contribution in [0.25, 0.3) is 0 Å². The predicted molar refractivity (Wildman–Crippen MR) is 120 cm³/mol. The summed E-state index contributed by atoms with van der Waals surface area (Å²) in [6.07, 6.45) is 3.05. The third-order valence-electron chi connectivity index (χ3n) is 5.53. The van der Waals surface area contributed by atoms with E-state index in [1.165, 1.54) is 5.56 Å². The Balaban J connectivity index is 1.60. The number of amides is 1. The number of carbonyl (C=O) groups is 2. The molecule has 2 aliphatic heterocycles. The van der Waals surface area contributed by atoms with Crippen molar-refractivity contribution in [1.29, 1.82) is 0 Å². The SMILES string of the molecule is CCOC(=O)C1=C(C)NC2NC(SCc3ccccc3)NC(=O)C2C1c1ccncc1. The van der Waals surface area contributed by atoms with Gasteiger partial charge in [-0.2, -0.15) is 0 Å². The van der Waals surface area contributed by atoms with Crippen LogP contribution in [0.15, 0.2) is 66.1 Å². The van der Waals surface area contributed by atoms with E-state index in [1.54, 1.807) is 31.1 Å². The number of hydrogen-bond donors (Lipinski definition) is 3. The van der Waals surface area contributed by atoms with E-state index in [0.29, 0.717) is 5.57 Å². The van der Waals surface area contributed by atoms with E-state index in [4.69, 9.17) is 4.74 Å². The van der Waals surface area contributed by atoms with E-state index in [2.05, 4.69) is 33.1 Å². The fourth-order valence-electron chi connectivity index (χ4n) is 4.16. The van der Waals surface area contributed by atoms with E-state index in [1.807, 2.05) is 37.3 Å². The maximum absolute atomic E-state index is 13.3. The van der Waals surface area contributed by atoms with Crippen LogP contribution in [0.5, 0.6) is 0 Å². The lowest BCUT2D eigenvalue weighted by Crippen LogP contribution is -2.67. The Hall–Kier alpha value is -2.84. The summed E-state index contributed by atoms with van der Waals surface area (Å²) >= 11 is 1.62. The number of ether oxygens (including phenoxy) is 1. The molecule has 4 rings (SSSR count). The molecule has 1 aromatic heterocycles. The molecule has 2 aromatic rings. The number of rotatable bonds is 6. The Morgan fingerprint density at radius 2 is 1.87 bits per heavy atom. The largest absolute Gasteiger partial charge is 0.463 e. The summed E-state index contributed by atoms with van der Waals surface area (Å²) in [5.74, 6) is -0.661. The van der Waals surface area contributed by atoms with Crippen LogP contribution in [0, 0.1) is 5.92 Å². The van der Waals surface area contributed by atoms with Gasteiger partial charge in [-0.3, -0.25) is 15.1 Å². The topological polar surface area (TPSA) is 92.4 Å². The van der Waals surface area contributed by atoms with Crippen LogP contribution in [0.2, 0.25) is 0 Å². The van der Waals surface area contributed by atoms with Crippen LogP contribution in [0.4, 0.5) is 0 Å². The van der Waals surface area contributed by atoms with E-state index in [9.17, 15) is 9.59 Å². The molecule has 31 heavy (non-hydrogen) atoms. The number of esters is 1. The first-order valence-corrected chi connectivity index (χ1v) is 11.4. The van der Waals surface area contributed by atoms with Gasteiger partial charge in [0.15, 0.2) is 0 Å². The molecule has 3 N–H and O–H groups in total. The number of thioether (sulfide) groups is 1. The van der Waals surface area contributed by atoms with Crippen molar-refractivity contribution < 1.29 is 14.3 Å². The van der Waals surface area contributed by atoms with Gasteiger partial charge in [0.05, 0.1) is 24.3 Å². The highest BCUT2D eigenvalue weighted by atomic mass is 32.2. The van der Waals surface area contributed by atoms with Gasteiger partial charge in [0.1, 0.15) is 5.50 Å². The Labute approximate surface area is 186 Å². The molecule has 2 aliphatic rings. The normalized spacial score (nSPS) is 25.3. The minimum absolute atomic E-state index is 0.0991. The molecule has 162 valence electrons. The molecule has 3 heterocycles. The van der Waals surface area contributed by atoms with Gasteiger partial charge in [-0.05, 0) is 37.1 Å². The quantitative estimate of drug-likeness (QED) is 0.597. The Kier molecular flexibility index (Phi) is 6.58. The van der Waals surface area contributed by atoms with Crippen LogP contribution in [0.3, 0.4) is 0 Å². The first-order valence-electron chi connectivity index (χ1n) is 10.3. The molecule has 7 nitrogen and oxygen atoms in total. The zero-order chi connectivity index (χ0) is 21.8. The number of benzene rings is 1. The molecular weight excluding hydrogens is 412 g/mol. The summed E-state index contributed by atoms with van der Waals surface area (Å²) in [5.41, 5.74) is 3.02. The van der Waals surface area contributed by atoms with Crippen LogP contribution >= 0.6 is 11.8 Å². The van der Waals surface area contributed by atoms with Gasteiger partial charge in [0.25, 0.3) is 0 Å². The van der Waals surface area contributed by atoms with Gasteiger partial charge in [-0.25, -0.2) is 4.79 Å². The summed E-state index contributed by atoms with van der Waals surface area (Å²) in [4.78, 5) is 30.2. The lowest BCUT2D eigenvalue weighted by Gasteiger charge is -2.45. The van der Waals surface area contributed by atoms with Crippen LogP contribution in [-0.2, 0) is 20.1 Å². The molecule has 4 unspecified atom stereocenters. The molecular formula is C23H26N4O3S. The number of allylic oxidation sites excluding steroid dienone is 1. The number of nitrogens with one attached hydrogen (secondary N) is 3. The van der Waals surface area contributed by atoms with Gasteiger partial charge in [-0.15, -0.1) is 11.8 Å². The Bertz CT molecular complexity index is 967. The highest BCUT2D eigenvalue weighted by molar-refractivity contribution is 7.99. The van der Waals surface area contributed by atoms with Crippen LogP contribution < -0.4 is 16.0 Å². The van der Waals surface area contributed by atoms with E-state index in [0.717, 1.165) is 17.0 Å². The fraction of sp³-hybridized carbons (Fsp3) is 0.348. The van der Waals surface area contributed by atoms with Gasteiger partial charge in [-0.1, -0.05) is 30.3 Å². The fourth-order valence-corrected chi connectivity index (χ4v) is 5.16. The van der Waals surface area contributed by atoms with Gasteiger partial charge < -0.3 is 15.4 Å². The molecule has 0 saturated carbocycles. The van der Waals surface area contributed by atoms with Gasteiger partial charge in [0.2, 0.25) is 5.91 Å². The van der Waals surface area contributed by atoms with Crippen molar-refractivity contribution >= 4 is 23.6 Å². The van der Waals surface area contributed by atoms with Crippen molar-refractivity contribution in [2.24, 2.45) is 5.92 Å². The first kappa shape index (κ1) is 21.4. The molecule has 8 heteroatoms. The number of hydrogen-bond acceptors (Lipinski definition) is 7. The number of aromatic nitrogens is 1. The molecule has 1 aromatic carbocycles. The third kappa shape index (κ3) is 4.60. The average Bonchev–Trinajstić information content (AvgIpc) is 2.78. The zero-order valence-corrected chi connectivity index (χ0v) is 18.3. The molecule has 0 bridgehead atoms. The van der Waals surface area contributed by atoms with Crippen molar-refractivity contribution in [3.63, 3.8) is 0 Å². The van der Waals surface area contributed by atoms with Crippen molar-refractivity contribution in [3.05, 3.63) is 77.3 Å². The maximum atomic E-state index is 13.3. The van der Waals surface area contributed by atoms with Crippen molar-refractivity contribution in [2.45, 2.75) is 37.2 Å². The molecule has 1 saturated heterocycles. The maximum Gasteiger partial charge on any atom is 0.336 e. The summed E-state index contributed by atoms with van der Waals surface area (Å²) in [6.45, 7) is 3.91. The number of pyridine rings is 1. The highest BCUT2D eigenvalue weighted by Gasteiger charge is 2.48. The second-order valence-corrected chi connectivity index (χ2v) is 8.61. The second kappa shape index (κ2) is 9.53. The molecule has 1 amide bonds. The van der Waals surface area contributed by atoms with E-state index in [-0.39, 0.29) is 24.2 Å². The summed E-state index contributed by atoms with van der Waals surface area (Å²) in [6, 6.07) is 13.8. The molecule has 1 fully saturated rings. The first-order chi connectivity index (χ1) is 15.1. The third-order valence-corrected chi connectivity index (χ3v) is 6.62. The second-order valence-electron chi connectivity index (χ2n) is 7.52. The van der Waals surface area contributed by atoms with E-state index >= 15 is 0 Å². The minimum atomic E-state index is -0.501. The molecule has 0 aliphatic carbocycles. The van der Waals surface area contributed by atoms with Crippen LogP contribution in [-0.4, -0.2) is 35.1 Å². The molecule has 4 atom stereocenters. The smallest absolute Gasteiger partial charge is 0.336 e. The summed E-state index contributed by atoms with van der Waals surface area (Å²) in [7, 11) is 0. The lowest BCUT2D eigenvalue weighted by molar-refractivity contribution is -0.139. The van der Waals surface area contributed by atoms with Crippen molar-refractivity contribution in [3.8, 4) is 0 Å². The standard InChI is InChI=1S/C23H26N4O3S/c1-3-30-22(29)17-14(2)25-20-19(18(17)16-9-11-24-12-10-16)21(28)27-23(26-20)31-13-15-7-5-4-6-8-15/h4-12,18-20,23,25-26H,3,13H2,1-2H3,(H,27,28). The Morgan fingerprint density at radius 1 is 1.13 bits per heavy atom. The molecule has 0 radical (unpaired) electrons. The minimum Gasteiger partial charge on any atom is -0.463 e. The van der Waals surface area contributed by atoms with Crippen molar-refractivity contribution in [1.82, 2.24) is 20.9 Å². The van der Waals surface area contributed by atoms with Gasteiger partial charge >= 0.3 is 5.97 Å². The molecule has 0 spiro atoms. The van der Waals surface area contributed by atoms with Gasteiger partial charge in [0, 0.05) is 29.8 Å². The van der Waals surface area contributed by atoms with Crippen LogP contribution in [0.1, 0.15) is 30.9 Å². The predicted octanol–water partition coefficient (Wildman–Crippen LogP) is 2.48.